The van der Waals surface area contributed by atoms with Crippen LogP contribution in [-0.4, -0.2) is 34.2 Å². The standard InChI is InChI=1S/C11H17NO4/c13-10(14)7-5-9(11(15)16)12-8-4-2-1-3-6(7)8/h6-9,12H,1-5H2,(H,13,14)(H,15,16). The molecule has 90 valence electrons. The second-order valence-electron chi connectivity index (χ2n) is 4.79. The second kappa shape index (κ2) is 4.41. The Morgan fingerprint density at radius 1 is 1.06 bits per heavy atom. The third-order valence-electron chi connectivity index (χ3n) is 3.86. The van der Waals surface area contributed by atoms with E-state index in [-0.39, 0.29) is 18.4 Å². The van der Waals surface area contributed by atoms with E-state index in [9.17, 15) is 9.59 Å². The minimum atomic E-state index is -0.935. The summed E-state index contributed by atoms with van der Waals surface area (Å²) in [5, 5.41) is 21.2. The van der Waals surface area contributed by atoms with Gasteiger partial charge < -0.3 is 15.5 Å². The van der Waals surface area contributed by atoms with Crippen LogP contribution in [-0.2, 0) is 9.59 Å². The highest BCUT2D eigenvalue weighted by Gasteiger charge is 2.43. The summed E-state index contributed by atoms with van der Waals surface area (Å²) in [7, 11) is 0. The molecule has 3 N–H and O–H groups in total. The van der Waals surface area contributed by atoms with Crippen LogP contribution in [0.25, 0.3) is 0 Å². The summed E-state index contributed by atoms with van der Waals surface area (Å²) < 4.78 is 0. The molecule has 0 bridgehead atoms. The highest BCUT2D eigenvalue weighted by molar-refractivity contribution is 5.77. The largest absolute Gasteiger partial charge is 0.481 e. The van der Waals surface area contributed by atoms with E-state index in [0.29, 0.717) is 0 Å². The lowest BCUT2D eigenvalue weighted by Gasteiger charge is -2.42. The predicted octanol–water partition coefficient (Wildman–Crippen LogP) is 0.692. The maximum absolute atomic E-state index is 11.2. The highest BCUT2D eigenvalue weighted by Crippen LogP contribution is 2.36. The number of carboxylic acid groups (broad SMARTS) is 2. The molecular formula is C11H17NO4. The Bertz CT molecular complexity index is 304. The van der Waals surface area contributed by atoms with Gasteiger partial charge in [-0.2, -0.15) is 0 Å². The molecule has 0 radical (unpaired) electrons. The molecule has 1 aliphatic carbocycles. The normalized spacial score (nSPS) is 38.8. The molecule has 1 saturated heterocycles. The van der Waals surface area contributed by atoms with Crippen molar-refractivity contribution in [3.8, 4) is 0 Å². The lowest BCUT2D eigenvalue weighted by Crippen LogP contribution is -2.57. The number of carbonyl (C=O) groups is 2. The Kier molecular flexibility index (Phi) is 3.14. The van der Waals surface area contributed by atoms with E-state index < -0.39 is 23.9 Å². The first-order valence-corrected chi connectivity index (χ1v) is 5.81. The number of rotatable bonds is 2. The fourth-order valence-corrected chi connectivity index (χ4v) is 3.06. The van der Waals surface area contributed by atoms with Crippen LogP contribution in [0.4, 0.5) is 0 Å². The van der Waals surface area contributed by atoms with Crippen molar-refractivity contribution in [3.63, 3.8) is 0 Å². The minimum Gasteiger partial charge on any atom is -0.481 e. The smallest absolute Gasteiger partial charge is 0.320 e. The number of aliphatic carboxylic acids is 2. The minimum absolute atomic E-state index is 0.0738. The van der Waals surface area contributed by atoms with Gasteiger partial charge in [-0.15, -0.1) is 0 Å². The van der Waals surface area contributed by atoms with E-state index in [1.807, 2.05) is 0 Å². The van der Waals surface area contributed by atoms with Crippen molar-refractivity contribution in [1.29, 1.82) is 0 Å². The Morgan fingerprint density at radius 3 is 2.38 bits per heavy atom. The van der Waals surface area contributed by atoms with Crippen molar-refractivity contribution in [3.05, 3.63) is 0 Å². The monoisotopic (exact) mass is 227 g/mol. The van der Waals surface area contributed by atoms with Crippen LogP contribution in [0.3, 0.4) is 0 Å². The van der Waals surface area contributed by atoms with Gasteiger partial charge in [-0.3, -0.25) is 9.59 Å². The first-order chi connectivity index (χ1) is 7.59. The molecule has 0 amide bonds. The lowest BCUT2D eigenvalue weighted by molar-refractivity contribution is -0.150. The Balaban J connectivity index is 2.15. The van der Waals surface area contributed by atoms with Gasteiger partial charge in [0.05, 0.1) is 5.92 Å². The topological polar surface area (TPSA) is 86.6 Å². The zero-order valence-electron chi connectivity index (χ0n) is 9.06. The molecule has 1 saturated carbocycles. The van der Waals surface area contributed by atoms with E-state index in [4.69, 9.17) is 10.2 Å². The lowest BCUT2D eigenvalue weighted by atomic mass is 9.71. The quantitative estimate of drug-likeness (QED) is 0.646. The maximum Gasteiger partial charge on any atom is 0.320 e. The van der Waals surface area contributed by atoms with Gasteiger partial charge in [0.1, 0.15) is 6.04 Å². The predicted molar refractivity (Wildman–Crippen MR) is 56.0 cm³/mol. The van der Waals surface area contributed by atoms with Crippen molar-refractivity contribution >= 4 is 11.9 Å². The van der Waals surface area contributed by atoms with Gasteiger partial charge in [0.25, 0.3) is 0 Å². The van der Waals surface area contributed by atoms with Crippen LogP contribution < -0.4 is 5.32 Å². The van der Waals surface area contributed by atoms with Gasteiger partial charge >= 0.3 is 11.9 Å². The molecule has 16 heavy (non-hydrogen) atoms. The fourth-order valence-electron chi connectivity index (χ4n) is 3.06. The SMILES string of the molecule is O=C(O)C1CC(C(=O)O)C2CCCCC2N1. The maximum atomic E-state index is 11.2. The number of hydrogen-bond donors (Lipinski definition) is 3. The summed E-state index contributed by atoms with van der Waals surface area (Å²) in [6.07, 6.45) is 4.14. The molecule has 1 aliphatic heterocycles. The summed E-state index contributed by atoms with van der Waals surface area (Å²) in [6.45, 7) is 0. The van der Waals surface area contributed by atoms with Crippen LogP contribution in [0.15, 0.2) is 0 Å². The Labute approximate surface area is 93.8 Å². The second-order valence-corrected chi connectivity index (χ2v) is 4.79. The average molecular weight is 227 g/mol. The van der Waals surface area contributed by atoms with Gasteiger partial charge in [0, 0.05) is 6.04 Å². The van der Waals surface area contributed by atoms with E-state index in [1.165, 1.54) is 0 Å². The molecule has 4 atom stereocenters. The molecule has 0 aromatic carbocycles. The molecular weight excluding hydrogens is 210 g/mol. The molecule has 2 fully saturated rings. The zero-order valence-corrected chi connectivity index (χ0v) is 9.06. The molecule has 4 unspecified atom stereocenters. The van der Waals surface area contributed by atoms with Crippen molar-refractivity contribution in [2.75, 3.05) is 0 Å². The van der Waals surface area contributed by atoms with Crippen LogP contribution in [0.5, 0.6) is 0 Å². The van der Waals surface area contributed by atoms with Crippen LogP contribution in [0, 0.1) is 11.8 Å². The molecule has 2 rings (SSSR count). The van der Waals surface area contributed by atoms with Crippen molar-refractivity contribution < 1.29 is 19.8 Å². The molecule has 0 spiro atoms. The van der Waals surface area contributed by atoms with Crippen LogP contribution >= 0.6 is 0 Å². The first kappa shape index (κ1) is 11.4. The first-order valence-electron chi connectivity index (χ1n) is 5.81. The van der Waals surface area contributed by atoms with Gasteiger partial charge in [-0.25, -0.2) is 0 Å². The molecule has 5 nitrogen and oxygen atoms in total. The third-order valence-corrected chi connectivity index (χ3v) is 3.86. The molecule has 0 aromatic heterocycles. The number of nitrogens with one attached hydrogen (secondary N) is 1. The molecule has 5 heteroatoms. The average Bonchev–Trinajstić information content (AvgIpc) is 2.27. The number of hydrogen-bond acceptors (Lipinski definition) is 3. The third kappa shape index (κ3) is 2.04. The summed E-state index contributed by atoms with van der Waals surface area (Å²) in [4.78, 5) is 22.1. The summed E-state index contributed by atoms with van der Waals surface area (Å²) in [5.41, 5.74) is 0. The van der Waals surface area contributed by atoms with E-state index in [1.54, 1.807) is 0 Å². The van der Waals surface area contributed by atoms with Crippen molar-refractivity contribution in [1.82, 2.24) is 5.32 Å². The summed E-state index contributed by atoms with van der Waals surface area (Å²) >= 11 is 0. The van der Waals surface area contributed by atoms with Crippen molar-refractivity contribution in [2.24, 2.45) is 11.8 Å². The summed E-state index contributed by atoms with van der Waals surface area (Å²) in [5.74, 6) is -2.16. The Morgan fingerprint density at radius 2 is 1.75 bits per heavy atom. The Hall–Kier alpha value is -1.10. The van der Waals surface area contributed by atoms with E-state index in [0.717, 1.165) is 25.7 Å². The van der Waals surface area contributed by atoms with Gasteiger partial charge in [-0.05, 0) is 25.2 Å². The molecule has 2 aliphatic rings. The number of piperidine rings is 1. The zero-order chi connectivity index (χ0) is 11.7. The number of carboxylic acids is 2. The number of fused-ring (bicyclic) bond motifs is 1. The highest BCUT2D eigenvalue weighted by atomic mass is 16.4. The van der Waals surface area contributed by atoms with Gasteiger partial charge in [-0.1, -0.05) is 12.8 Å². The fraction of sp³-hybridized carbons (Fsp3) is 0.818. The molecule has 1 heterocycles. The van der Waals surface area contributed by atoms with Crippen LogP contribution in [0.1, 0.15) is 32.1 Å². The molecule has 0 aromatic rings. The van der Waals surface area contributed by atoms with Gasteiger partial charge in [0.15, 0.2) is 0 Å². The van der Waals surface area contributed by atoms with Gasteiger partial charge in [0.2, 0.25) is 0 Å². The van der Waals surface area contributed by atoms with Crippen LogP contribution in [0.2, 0.25) is 0 Å². The van der Waals surface area contributed by atoms with E-state index in [2.05, 4.69) is 5.32 Å². The van der Waals surface area contributed by atoms with E-state index >= 15 is 0 Å². The van der Waals surface area contributed by atoms with Crippen molar-refractivity contribution in [2.45, 2.75) is 44.2 Å². The summed E-state index contributed by atoms with van der Waals surface area (Å²) in [6, 6.07) is -0.620.